The normalized spacial score (nSPS) is 17.3. The highest BCUT2D eigenvalue weighted by Crippen LogP contribution is 2.31. The molecule has 1 aliphatic rings. The molecule has 8 heteroatoms. The van der Waals surface area contributed by atoms with Crippen LogP contribution in [0.15, 0.2) is 48.7 Å². The Balaban J connectivity index is 1.26. The molecular formula is C20H20N6OS. The maximum Gasteiger partial charge on any atom is 0.225 e. The third-order valence-electron chi connectivity index (χ3n) is 5.15. The van der Waals surface area contributed by atoms with Gasteiger partial charge >= 0.3 is 0 Å². The molecule has 0 spiro atoms. The standard InChI is InChI=1S/C20H20N6OS/c27-19(21-12-18-24-23-17-9-3-4-11-26(17)18)14-6-5-10-25(13-14)20-22-15-7-1-2-8-16(15)28-20/h1-4,7-9,11,14H,5-6,10,12-13H2,(H,21,27)/t14-/m1/s1. The number of fused-ring (bicyclic) bond motifs is 2. The summed E-state index contributed by atoms with van der Waals surface area (Å²) in [6, 6.07) is 13.9. The molecule has 0 aliphatic carbocycles. The van der Waals surface area contributed by atoms with E-state index in [1.54, 1.807) is 11.3 Å². The van der Waals surface area contributed by atoms with Crippen LogP contribution in [0.5, 0.6) is 0 Å². The number of nitrogens with zero attached hydrogens (tertiary/aromatic N) is 5. The Bertz CT molecular complexity index is 1100. The number of carbonyl (C=O) groups is 1. The van der Waals surface area contributed by atoms with Gasteiger partial charge in [-0.15, -0.1) is 10.2 Å². The van der Waals surface area contributed by atoms with Crippen molar-refractivity contribution in [1.82, 2.24) is 24.9 Å². The third kappa shape index (κ3) is 3.20. The molecule has 1 aromatic carbocycles. The number of anilines is 1. The smallest absolute Gasteiger partial charge is 0.225 e. The lowest BCUT2D eigenvalue weighted by Gasteiger charge is -2.31. The third-order valence-corrected chi connectivity index (χ3v) is 6.25. The van der Waals surface area contributed by atoms with Crippen LogP contribution in [0.2, 0.25) is 0 Å². The number of para-hydroxylation sites is 1. The Hall–Kier alpha value is -3.00. The van der Waals surface area contributed by atoms with Crippen LogP contribution in [0.4, 0.5) is 5.13 Å². The lowest BCUT2D eigenvalue weighted by Crippen LogP contribution is -2.43. The summed E-state index contributed by atoms with van der Waals surface area (Å²) in [6.07, 6.45) is 3.79. The Morgan fingerprint density at radius 2 is 2.07 bits per heavy atom. The minimum atomic E-state index is -0.0417. The molecule has 1 amide bonds. The van der Waals surface area contributed by atoms with Crippen molar-refractivity contribution in [1.29, 1.82) is 0 Å². The quantitative estimate of drug-likeness (QED) is 0.578. The van der Waals surface area contributed by atoms with Crippen molar-refractivity contribution in [3.05, 3.63) is 54.5 Å². The zero-order chi connectivity index (χ0) is 18.9. The second kappa shape index (κ2) is 7.20. The van der Waals surface area contributed by atoms with E-state index in [0.29, 0.717) is 13.1 Å². The molecule has 28 heavy (non-hydrogen) atoms. The molecule has 0 radical (unpaired) electrons. The summed E-state index contributed by atoms with van der Waals surface area (Å²) >= 11 is 1.69. The van der Waals surface area contributed by atoms with Crippen molar-refractivity contribution >= 4 is 38.2 Å². The molecule has 1 aliphatic heterocycles. The first-order valence-electron chi connectivity index (χ1n) is 9.45. The van der Waals surface area contributed by atoms with Gasteiger partial charge in [-0.2, -0.15) is 0 Å². The minimum Gasteiger partial charge on any atom is -0.348 e. The van der Waals surface area contributed by atoms with E-state index in [4.69, 9.17) is 4.98 Å². The molecule has 0 bridgehead atoms. The van der Waals surface area contributed by atoms with Gasteiger partial charge in [0, 0.05) is 19.3 Å². The summed E-state index contributed by atoms with van der Waals surface area (Å²) in [7, 11) is 0. The molecule has 0 unspecified atom stereocenters. The van der Waals surface area contributed by atoms with Gasteiger partial charge in [-0.3, -0.25) is 9.20 Å². The molecule has 142 valence electrons. The van der Waals surface area contributed by atoms with E-state index in [9.17, 15) is 4.79 Å². The SMILES string of the molecule is O=C(NCc1nnc2ccccn12)[C@@H]1CCCN(c2nc3ccccc3s2)C1. The van der Waals surface area contributed by atoms with Gasteiger partial charge in [0.15, 0.2) is 16.6 Å². The van der Waals surface area contributed by atoms with Crippen molar-refractivity contribution in [2.24, 2.45) is 5.92 Å². The summed E-state index contributed by atoms with van der Waals surface area (Å²) in [5, 5.41) is 12.3. The molecule has 7 nitrogen and oxygen atoms in total. The number of thiazole rings is 1. The maximum atomic E-state index is 12.8. The van der Waals surface area contributed by atoms with Gasteiger partial charge in [0.1, 0.15) is 0 Å². The van der Waals surface area contributed by atoms with Crippen LogP contribution in [0.3, 0.4) is 0 Å². The molecule has 0 saturated carbocycles. The van der Waals surface area contributed by atoms with E-state index in [1.807, 2.05) is 47.0 Å². The van der Waals surface area contributed by atoms with Gasteiger partial charge in [0.05, 0.1) is 22.7 Å². The van der Waals surface area contributed by atoms with E-state index in [0.717, 1.165) is 41.5 Å². The van der Waals surface area contributed by atoms with E-state index in [1.165, 1.54) is 4.70 Å². The Morgan fingerprint density at radius 1 is 1.18 bits per heavy atom. The van der Waals surface area contributed by atoms with Crippen LogP contribution in [-0.4, -0.2) is 38.6 Å². The molecule has 3 aromatic heterocycles. The van der Waals surface area contributed by atoms with Crippen LogP contribution in [0.1, 0.15) is 18.7 Å². The number of hydrogen-bond acceptors (Lipinski definition) is 6. The van der Waals surface area contributed by atoms with E-state index < -0.39 is 0 Å². The van der Waals surface area contributed by atoms with E-state index >= 15 is 0 Å². The zero-order valence-electron chi connectivity index (χ0n) is 15.3. The molecule has 5 rings (SSSR count). The Morgan fingerprint density at radius 3 is 3.00 bits per heavy atom. The van der Waals surface area contributed by atoms with Crippen molar-refractivity contribution < 1.29 is 4.79 Å². The second-order valence-corrected chi connectivity index (χ2v) is 8.02. The highest BCUT2D eigenvalue weighted by Gasteiger charge is 2.27. The largest absolute Gasteiger partial charge is 0.348 e. The fourth-order valence-corrected chi connectivity index (χ4v) is 4.68. The van der Waals surface area contributed by atoms with Crippen molar-refractivity contribution in [3.8, 4) is 0 Å². The van der Waals surface area contributed by atoms with Gasteiger partial charge in [0.2, 0.25) is 5.91 Å². The summed E-state index contributed by atoms with van der Waals surface area (Å²) in [5.74, 6) is 0.765. The van der Waals surface area contributed by atoms with Gasteiger partial charge in [-0.25, -0.2) is 4.98 Å². The number of aromatic nitrogens is 4. The van der Waals surface area contributed by atoms with Gasteiger partial charge < -0.3 is 10.2 Å². The fraction of sp³-hybridized carbons (Fsp3) is 0.300. The van der Waals surface area contributed by atoms with Crippen LogP contribution >= 0.6 is 11.3 Å². The first kappa shape index (κ1) is 17.1. The Labute approximate surface area is 166 Å². The number of pyridine rings is 1. The van der Waals surface area contributed by atoms with Crippen molar-refractivity contribution in [3.63, 3.8) is 0 Å². The topological polar surface area (TPSA) is 75.4 Å². The molecule has 1 N–H and O–H groups in total. The number of benzene rings is 1. The molecular weight excluding hydrogens is 372 g/mol. The van der Waals surface area contributed by atoms with E-state index in [2.05, 4.69) is 26.5 Å². The van der Waals surface area contributed by atoms with Crippen LogP contribution < -0.4 is 10.2 Å². The number of carbonyl (C=O) groups excluding carboxylic acids is 1. The number of rotatable bonds is 4. The number of nitrogens with one attached hydrogen (secondary N) is 1. The Kier molecular flexibility index (Phi) is 4.40. The van der Waals surface area contributed by atoms with Gasteiger partial charge in [-0.1, -0.05) is 29.5 Å². The second-order valence-electron chi connectivity index (χ2n) is 7.01. The maximum absolute atomic E-state index is 12.8. The van der Waals surface area contributed by atoms with Crippen LogP contribution in [0, 0.1) is 5.92 Å². The monoisotopic (exact) mass is 392 g/mol. The van der Waals surface area contributed by atoms with Crippen LogP contribution in [-0.2, 0) is 11.3 Å². The molecule has 1 atom stereocenters. The van der Waals surface area contributed by atoms with Crippen molar-refractivity contribution in [2.45, 2.75) is 19.4 Å². The lowest BCUT2D eigenvalue weighted by molar-refractivity contribution is -0.125. The fourth-order valence-electron chi connectivity index (χ4n) is 3.68. The highest BCUT2D eigenvalue weighted by molar-refractivity contribution is 7.22. The van der Waals surface area contributed by atoms with Gasteiger partial charge in [-0.05, 0) is 37.1 Å². The van der Waals surface area contributed by atoms with Crippen molar-refractivity contribution in [2.75, 3.05) is 18.0 Å². The lowest BCUT2D eigenvalue weighted by atomic mass is 9.97. The van der Waals surface area contributed by atoms with E-state index in [-0.39, 0.29) is 11.8 Å². The number of piperidine rings is 1. The molecule has 1 fully saturated rings. The average Bonchev–Trinajstić information content (AvgIpc) is 3.36. The highest BCUT2D eigenvalue weighted by atomic mass is 32.1. The average molecular weight is 392 g/mol. The zero-order valence-corrected chi connectivity index (χ0v) is 16.1. The summed E-state index contributed by atoms with van der Waals surface area (Å²) < 4.78 is 3.08. The first-order valence-corrected chi connectivity index (χ1v) is 10.3. The number of amides is 1. The predicted molar refractivity (Wildman–Crippen MR) is 109 cm³/mol. The minimum absolute atomic E-state index is 0.0417. The van der Waals surface area contributed by atoms with Gasteiger partial charge in [0.25, 0.3) is 0 Å². The molecule has 1 saturated heterocycles. The summed E-state index contributed by atoms with van der Waals surface area (Å²) in [4.78, 5) is 19.7. The summed E-state index contributed by atoms with van der Waals surface area (Å²) in [5.41, 5.74) is 1.80. The summed E-state index contributed by atoms with van der Waals surface area (Å²) in [6.45, 7) is 2.02. The molecule has 4 heterocycles. The first-order chi connectivity index (χ1) is 13.8. The molecule has 4 aromatic rings. The van der Waals surface area contributed by atoms with Crippen LogP contribution in [0.25, 0.3) is 15.9 Å². The number of hydrogen-bond donors (Lipinski definition) is 1. The predicted octanol–water partition coefficient (Wildman–Crippen LogP) is 2.87.